The van der Waals surface area contributed by atoms with Gasteiger partial charge in [0.1, 0.15) is 12.4 Å². The number of carbonyl (C=O) groups is 1. The van der Waals surface area contributed by atoms with Crippen LogP contribution >= 0.6 is 34.2 Å². The van der Waals surface area contributed by atoms with Crippen molar-refractivity contribution in [1.29, 1.82) is 0 Å². The van der Waals surface area contributed by atoms with Gasteiger partial charge in [-0.3, -0.25) is 4.79 Å². The molecule has 0 radical (unpaired) electrons. The highest BCUT2D eigenvalue weighted by Crippen LogP contribution is 2.34. The summed E-state index contributed by atoms with van der Waals surface area (Å²) in [6, 6.07) is 14.4. The summed E-state index contributed by atoms with van der Waals surface area (Å²) in [5, 5.41) is 4.66. The highest BCUT2D eigenvalue weighted by molar-refractivity contribution is 14.1. The van der Waals surface area contributed by atoms with Crippen LogP contribution in [0.1, 0.15) is 27.4 Å². The van der Waals surface area contributed by atoms with E-state index in [0.29, 0.717) is 28.9 Å². The molecule has 0 unspecified atom stereocenters. The molecule has 3 rings (SSSR count). The predicted molar refractivity (Wildman–Crippen MR) is 120 cm³/mol. The topological polar surface area (TPSA) is 73.1 Å². The van der Waals surface area contributed by atoms with Gasteiger partial charge in [0.2, 0.25) is 0 Å². The van der Waals surface area contributed by atoms with Gasteiger partial charge in [0.05, 0.1) is 16.9 Å². The zero-order valence-electron chi connectivity index (χ0n) is 15.7. The molecule has 0 saturated carbocycles. The quantitative estimate of drug-likeness (QED) is 0.262. The summed E-state index contributed by atoms with van der Waals surface area (Å²) in [4.78, 5) is 12.0. The molecule has 0 atom stereocenters. The Bertz CT molecular complexity index is 1030. The molecule has 150 valence electrons. The SMILES string of the molecule is COc1cc(C=NNC(=O)c2ccc(C)o2)cc(I)c1OCc1ccc(Cl)cc1. The third-order valence-electron chi connectivity index (χ3n) is 3.89. The number of rotatable bonds is 7. The van der Waals surface area contributed by atoms with E-state index in [2.05, 4.69) is 33.1 Å². The average molecular weight is 525 g/mol. The molecule has 0 aliphatic rings. The van der Waals surface area contributed by atoms with Crippen LogP contribution in [-0.2, 0) is 6.61 Å². The molecule has 0 aliphatic carbocycles. The van der Waals surface area contributed by atoms with E-state index in [1.807, 2.05) is 30.3 Å². The van der Waals surface area contributed by atoms with E-state index in [9.17, 15) is 4.79 Å². The van der Waals surface area contributed by atoms with Gasteiger partial charge in [-0.25, -0.2) is 5.43 Å². The van der Waals surface area contributed by atoms with Crippen molar-refractivity contribution in [2.75, 3.05) is 7.11 Å². The number of benzene rings is 2. The normalized spacial score (nSPS) is 10.9. The molecule has 0 saturated heterocycles. The molecule has 0 spiro atoms. The number of amides is 1. The first-order valence-corrected chi connectivity index (χ1v) is 10.1. The molecule has 6 nitrogen and oxygen atoms in total. The van der Waals surface area contributed by atoms with E-state index < -0.39 is 5.91 Å². The smallest absolute Gasteiger partial charge is 0.307 e. The van der Waals surface area contributed by atoms with Crippen LogP contribution in [0.15, 0.2) is 58.0 Å². The second-order valence-corrected chi connectivity index (χ2v) is 7.66. The largest absolute Gasteiger partial charge is 0.493 e. The van der Waals surface area contributed by atoms with Gasteiger partial charge in [-0.05, 0) is 77.0 Å². The van der Waals surface area contributed by atoms with Crippen molar-refractivity contribution in [3.8, 4) is 11.5 Å². The van der Waals surface area contributed by atoms with Crippen LogP contribution in [0, 0.1) is 10.5 Å². The molecule has 8 heteroatoms. The summed E-state index contributed by atoms with van der Waals surface area (Å²) >= 11 is 8.08. The van der Waals surface area contributed by atoms with E-state index in [0.717, 1.165) is 14.7 Å². The summed E-state index contributed by atoms with van der Waals surface area (Å²) in [5.74, 6) is 1.65. The maximum absolute atomic E-state index is 12.0. The van der Waals surface area contributed by atoms with Crippen molar-refractivity contribution in [2.45, 2.75) is 13.5 Å². The Balaban J connectivity index is 1.68. The number of ether oxygens (including phenoxy) is 2. The van der Waals surface area contributed by atoms with Crippen LogP contribution in [0.4, 0.5) is 0 Å². The number of nitrogens with one attached hydrogen (secondary N) is 1. The van der Waals surface area contributed by atoms with Crippen LogP contribution < -0.4 is 14.9 Å². The first-order chi connectivity index (χ1) is 14.0. The van der Waals surface area contributed by atoms with Crippen molar-refractivity contribution >= 4 is 46.3 Å². The van der Waals surface area contributed by atoms with E-state index in [4.69, 9.17) is 25.5 Å². The first kappa shape index (κ1) is 21.2. The molecule has 1 amide bonds. The van der Waals surface area contributed by atoms with E-state index in [1.54, 1.807) is 32.2 Å². The summed E-state index contributed by atoms with van der Waals surface area (Å²) < 4.78 is 17.5. The fourth-order valence-electron chi connectivity index (χ4n) is 2.47. The maximum Gasteiger partial charge on any atom is 0.307 e. The number of halogens is 2. The van der Waals surface area contributed by atoms with Gasteiger partial charge in [-0.2, -0.15) is 5.10 Å². The van der Waals surface area contributed by atoms with Crippen molar-refractivity contribution in [3.63, 3.8) is 0 Å². The Morgan fingerprint density at radius 1 is 1.24 bits per heavy atom. The number of furan rings is 1. The zero-order chi connectivity index (χ0) is 20.8. The number of aryl methyl sites for hydroxylation is 1. The maximum atomic E-state index is 12.0. The number of hydrazone groups is 1. The minimum atomic E-state index is -0.418. The third kappa shape index (κ3) is 5.74. The van der Waals surface area contributed by atoms with Crippen LogP contribution in [0.25, 0.3) is 0 Å². The lowest BCUT2D eigenvalue weighted by molar-refractivity contribution is 0.0926. The molecular weight excluding hydrogens is 507 g/mol. The minimum Gasteiger partial charge on any atom is -0.493 e. The lowest BCUT2D eigenvalue weighted by Crippen LogP contribution is -2.16. The van der Waals surface area contributed by atoms with Crippen LogP contribution in [0.2, 0.25) is 5.02 Å². The van der Waals surface area contributed by atoms with E-state index in [-0.39, 0.29) is 5.76 Å². The van der Waals surface area contributed by atoms with Gasteiger partial charge in [-0.1, -0.05) is 23.7 Å². The minimum absolute atomic E-state index is 0.206. The van der Waals surface area contributed by atoms with Crippen LogP contribution in [0.3, 0.4) is 0 Å². The van der Waals surface area contributed by atoms with Gasteiger partial charge in [0.15, 0.2) is 17.3 Å². The zero-order valence-corrected chi connectivity index (χ0v) is 18.7. The molecule has 0 fully saturated rings. The number of hydrogen-bond donors (Lipinski definition) is 1. The van der Waals surface area contributed by atoms with Gasteiger partial charge in [0.25, 0.3) is 0 Å². The van der Waals surface area contributed by atoms with Gasteiger partial charge < -0.3 is 13.9 Å². The second kappa shape index (κ2) is 9.80. The number of hydrogen-bond acceptors (Lipinski definition) is 5. The first-order valence-electron chi connectivity index (χ1n) is 8.61. The Kier molecular flexibility index (Phi) is 7.16. The average Bonchev–Trinajstić information content (AvgIpc) is 3.14. The monoisotopic (exact) mass is 524 g/mol. The molecule has 1 N–H and O–H groups in total. The highest BCUT2D eigenvalue weighted by Gasteiger charge is 2.12. The predicted octanol–water partition coefficient (Wildman–Crippen LogP) is 5.20. The van der Waals surface area contributed by atoms with Gasteiger partial charge >= 0.3 is 5.91 Å². The molecule has 0 aliphatic heterocycles. The lowest BCUT2D eigenvalue weighted by Gasteiger charge is -2.13. The van der Waals surface area contributed by atoms with Crippen molar-refractivity contribution in [3.05, 3.63) is 79.8 Å². The standard InChI is InChI=1S/C21H18ClIN2O4/c1-13-3-8-18(29-13)21(26)25-24-11-15-9-17(23)20(19(10-15)27-2)28-12-14-4-6-16(22)7-5-14/h3-11H,12H2,1-2H3,(H,25,26). The second-order valence-electron chi connectivity index (χ2n) is 6.06. The van der Waals surface area contributed by atoms with E-state index >= 15 is 0 Å². The third-order valence-corrected chi connectivity index (χ3v) is 4.95. The summed E-state index contributed by atoms with van der Waals surface area (Å²) in [5.41, 5.74) is 4.18. The van der Waals surface area contributed by atoms with Gasteiger partial charge in [0, 0.05) is 5.02 Å². The van der Waals surface area contributed by atoms with Crippen LogP contribution in [-0.4, -0.2) is 19.2 Å². The summed E-state index contributed by atoms with van der Waals surface area (Å²) in [7, 11) is 1.57. The molecule has 2 aromatic carbocycles. The lowest BCUT2D eigenvalue weighted by atomic mass is 10.2. The van der Waals surface area contributed by atoms with E-state index in [1.165, 1.54) is 6.21 Å². The fraction of sp³-hybridized carbons (Fsp3) is 0.143. The molecule has 1 aromatic heterocycles. The Morgan fingerprint density at radius 3 is 2.66 bits per heavy atom. The van der Waals surface area contributed by atoms with Crippen molar-refractivity contribution in [2.24, 2.45) is 5.10 Å². The highest BCUT2D eigenvalue weighted by atomic mass is 127. The molecule has 29 heavy (non-hydrogen) atoms. The summed E-state index contributed by atoms with van der Waals surface area (Å²) in [6.45, 7) is 2.15. The molecular formula is C21H18ClIN2O4. The Labute approximate surface area is 187 Å². The molecule has 3 aromatic rings. The van der Waals surface area contributed by atoms with Crippen molar-refractivity contribution < 1.29 is 18.7 Å². The molecule has 0 bridgehead atoms. The summed E-state index contributed by atoms with van der Waals surface area (Å²) in [6.07, 6.45) is 1.53. The molecule has 1 heterocycles. The van der Waals surface area contributed by atoms with Crippen LogP contribution in [0.5, 0.6) is 11.5 Å². The van der Waals surface area contributed by atoms with Gasteiger partial charge in [-0.15, -0.1) is 0 Å². The Morgan fingerprint density at radius 2 is 2.00 bits per heavy atom. The Hall–Kier alpha value is -2.52. The number of methoxy groups -OCH3 is 1. The van der Waals surface area contributed by atoms with Crippen molar-refractivity contribution in [1.82, 2.24) is 5.43 Å². The fourth-order valence-corrected chi connectivity index (χ4v) is 3.37. The number of nitrogens with zero attached hydrogens (tertiary/aromatic N) is 1. The number of carbonyl (C=O) groups excluding carboxylic acids is 1.